The van der Waals surface area contributed by atoms with Gasteiger partial charge in [0.2, 0.25) is 0 Å². The van der Waals surface area contributed by atoms with Gasteiger partial charge >= 0.3 is 5.97 Å². The van der Waals surface area contributed by atoms with E-state index in [-0.39, 0.29) is 17.8 Å². The first kappa shape index (κ1) is 29.5. The molecule has 1 saturated heterocycles. The highest BCUT2D eigenvalue weighted by molar-refractivity contribution is 5.90. The van der Waals surface area contributed by atoms with Gasteiger partial charge < -0.3 is 14.2 Å². The molecule has 0 radical (unpaired) electrons. The van der Waals surface area contributed by atoms with Crippen LogP contribution in [0.25, 0.3) is 0 Å². The zero-order chi connectivity index (χ0) is 27.2. The first-order valence-electron chi connectivity index (χ1n) is 14.5. The Morgan fingerprint density at radius 2 is 1.78 bits per heavy atom. The molecule has 1 spiro atoms. The van der Waals surface area contributed by atoms with E-state index in [0.29, 0.717) is 37.2 Å². The molecule has 4 atom stereocenters. The first-order chi connectivity index (χ1) is 17.7. The number of likely N-dealkylation sites (N-methyl/N-ethyl adjacent to an activating group) is 1. The molecule has 208 valence electrons. The van der Waals surface area contributed by atoms with Gasteiger partial charge in [-0.1, -0.05) is 65.4 Å². The van der Waals surface area contributed by atoms with Crippen molar-refractivity contribution in [1.29, 1.82) is 0 Å². The molecule has 0 N–H and O–H groups in total. The second kappa shape index (κ2) is 12.6. The molecule has 2 aliphatic heterocycles. The number of ketones is 1. The number of fused-ring (bicyclic) bond motifs is 1. The maximum absolute atomic E-state index is 13.2. The molecule has 1 aliphatic carbocycles. The van der Waals surface area contributed by atoms with Crippen LogP contribution in [0, 0.1) is 6.92 Å². The minimum absolute atomic E-state index is 0.0356. The number of esters is 1. The fourth-order valence-electron chi connectivity index (χ4n) is 6.76. The Morgan fingerprint density at radius 3 is 2.41 bits per heavy atom. The van der Waals surface area contributed by atoms with Gasteiger partial charge in [0.05, 0.1) is 12.5 Å². The minimum Gasteiger partial charge on any atom is -0.493 e. The van der Waals surface area contributed by atoms with Gasteiger partial charge in [-0.15, -0.1) is 0 Å². The Hall–Kier alpha value is -2.08. The fraction of sp³-hybridized carbons (Fsp3) is 0.742. The van der Waals surface area contributed by atoms with E-state index in [2.05, 4.69) is 46.6 Å². The van der Waals surface area contributed by atoms with Crippen LogP contribution in [0.3, 0.4) is 0 Å². The van der Waals surface area contributed by atoms with Crippen molar-refractivity contribution < 1.29 is 23.8 Å². The van der Waals surface area contributed by atoms with Crippen LogP contribution in [-0.2, 0) is 19.7 Å². The van der Waals surface area contributed by atoms with Crippen molar-refractivity contribution in [3.8, 4) is 11.5 Å². The van der Waals surface area contributed by atoms with E-state index >= 15 is 0 Å². The summed E-state index contributed by atoms with van der Waals surface area (Å²) in [6, 6.07) is 3.89. The van der Waals surface area contributed by atoms with Gasteiger partial charge in [-0.2, -0.15) is 0 Å². The summed E-state index contributed by atoms with van der Waals surface area (Å²) < 4.78 is 18.5. The third-order valence-electron chi connectivity index (χ3n) is 8.90. The van der Waals surface area contributed by atoms with E-state index in [9.17, 15) is 9.59 Å². The molecule has 0 bridgehead atoms. The van der Waals surface area contributed by atoms with E-state index in [1.165, 1.54) is 19.3 Å². The lowest BCUT2D eigenvalue weighted by Gasteiger charge is -2.60. The maximum Gasteiger partial charge on any atom is 0.306 e. The van der Waals surface area contributed by atoms with E-state index in [0.717, 1.165) is 43.4 Å². The number of Topliss-reactive ketones (excluding diaryl/α,β-unsaturated/α-hetero) is 1. The number of piperidine rings is 1. The highest BCUT2D eigenvalue weighted by Crippen LogP contribution is 2.63. The van der Waals surface area contributed by atoms with E-state index in [4.69, 9.17) is 14.2 Å². The van der Waals surface area contributed by atoms with E-state index < -0.39 is 17.1 Å². The third-order valence-corrected chi connectivity index (χ3v) is 8.90. The predicted octanol–water partition coefficient (Wildman–Crippen LogP) is 6.54. The zero-order valence-corrected chi connectivity index (χ0v) is 24.3. The van der Waals surface area contributed by atoms with Gasteiger partial charge in [-0.25, -0.2) is 0 Å². The molecule has 0 aromatic heterocycles. The van der Waals surface area contributed by atoms with Crippen LogP contribution < -0.4 is 9.47 Å². The third kappa shape index (κ3) is 5.28. The molecule has 2 heterocycles. The number of aryl methyl sites for hydroxylation is 1. The van der Waals surface area contributed by atoms with Crippen molar-refractivity contribution >= 4 is 11.8 Å². The Bertz CT molecular complexity index is 944. The van der Waals surface area contributed by atoms with E-state index in [1.807, 2.05) is 12.1 Å². The average Bonchev–Trinajstić information content (AvgIpc) is 3.25. The number of carbonyl (C=O) groups excluding carboxylic acids is 2. The molecular weight excluding hydrogens is 466 g/mol. The molecule has 1 saturated carbocycles. The van der Waals surface area contributed by atoms with Gasteiger partial charge in [-0.05, 0) is 58.3 Å². The SMILES string of the molecule is CCCCC.CCCCCCC(=O)OC12CCC(=O)[C@@H]3Oc4c(OC)ccc(C)c4C31CCN(C)C2C. The Balaban J connectivity index is 0.000000695. The van der Waals surface area contributed by atoms with Crippen LogP contribution in [0.2, 0.25) is 0 Å². The lowest BCUT2D eigenvalue weighted by Crippen LogP contribution is -2.74. The maximum atomic E-state index is 13.2. The molecule has 0 amide bonds. The van der Waals surface area contributed by atoms with Gasteiger partial charge in [0.15, 0.2) is 23.4 Å². The van der Waals surface area contributed by atoms with E-state index in [1.54, 1.807) is 7.11 Å². The smallest absolute Gasteiger partial charge is 0.306 e. The normalized spacial score (nSPS) is 28.2. The molecular formula is C31H49NO5. The number of carbonyl (C=O) groups is 2. The molecule has 6 nitrogen and oxygen atoms in total. The summed E-state index contributed by atoms with van der Waals surface area (Å²) in [5, 5.41) is 0. The van der Waals surface area contributed by atoms with Crippen LogP contribution in [0.15, 0.2) is 12.1 Å². The number of hydrogen-bond acceptors (Lipinski definition) is 6. The lowest BCUT2D eigenvalue weighted by molar-refractivity contribution is -0.208. The Labute approximate surface area is 224 Å². The van der Waals surface area contributed by atoms with Gasteiger partial charge in [0.1, 0.15) is 5.60 Å². The number of hydrogen-bond donors (Lipinski definition) is 0. The number of ether oxygens (including phenoxy) is 3. The molecule has 4 rings (SSSR count). The largest absolute Gasteiger partial charge is 0.493 e. The predicted molar refractivity (Wildman–Crippen MR) is 148 cm³/mol. The van der Waals surface area contributed by atoms with Crippen LogP contribution >= 0.6 is 0 Å². The van der Waals surface area contributed by atoms with Crippen molar-refractivity contribution in [3.63, 3.8) is 0 Å². The summed E-state index contributed by atoms with van der Waals surface area (Å²) in [5.74, 6) is 1.21. The highest BCUT2D eigenvalue weighted by atomic mass is 16.6. The number of methoxy groups -OCH3 is 1. The van der Waals surface area contributed by atoms with Crippen molar-refractivity contribution in [2.75, 3.05) is 20.7 Å². The molecule has 3 aliphatic rings. The molecule has 1 aromatic carbocycles. The van der Waals surface area contributed by atoms with Crippen LogP contribution in [0.1, 0.15) is 109 Å². The average molecular weight is 516 g/mol. The summed E-state index contributed by atoms with van der Waals surface area (Å²) in [6.45, 7) is 11.6. The van der Waals surface area contributed by atoms with Gasteiger partial charge in [-0.3, -0.25) is 14.5 Å². The first-order valence-corrected chi connectivity index (χ1v) is 14.5. The van der Waals surface area contributed by atoms with Crippen molar-refractivity contribution in [3.05, 3.63) is 23.3 Å². The fourth-order valence-corrected chi connectivity index (χ4v) is 6.76. The summed E-state index contributed by atoms with van der Waals surface area (Å²) in [4.78, 5) is 28.7. The van der Waals surface area contributed by atoms with Crippen LogP contribution in [-0.4, -0.2) is 55.1 Å². The standard InChI is InChI=1S/C26H37NO5.C5H12/c1-6-7-8-9-10-21(29)32-26-14-13-19(28)24-25(26,15-16-27(4)18(26)3)22-17(2)11-12-20(30-5)23(22)31-24;1-3-5-4-2/h11-12,18,24H,6-10,13-16H2,1-5H3;3-5H2,1-2H3/t18?,24-,25?,26?;/m0./s1. The van der Waals surface area contributed by atoms with Gasteiger partial charge in [0.25, 0.3) is 0 Å². The second-order valence-electron chi connectivity index (χ2n) is 11.2. The van der Waals surface area contributed by atoms with Crippen molar-refractivity contribution in [2.24, 2.45) is 0 Å². The summed E-state index contributed by atoms with van der Waals surface area (Å²) >= 11 is 0. The molecule has 6 heteroatoms. The minimum atomic E-state index is -0.817. The summed E-state index contributed by atoms with van der Waals surface area (Å²) in [7, 11) is 3.70. The monoisotopic (exact) mass is 515 g/mol. The molecule has 37 heavy (non-hydrogen) atoms. The van der Waals surface area contributed by atoms with Crippen LogP contribution in [0.4, 0.5) is 0 Å². The number of benzene rings is 1. The molecule has 3 unspecified atom stereocenters. The Kier molecular flexibility index (Phi) is 10.1. The van der Waals surface area contributed by atoms with Gasteiger partial charge in [0, 0.05) is 24.4 Å². The summed E-state index contributed by atoms with van der Waals surface area (Å²) in [6.07, 6.45) is 9.53. The number of unbranched alkanes of at least 4 members (excludes halogenated alkanes) is 5. The summed E-state index contributed by atoms with van der Waals surface area (Å²) in [5.41, 5.74) is 0.538. The Morgan fingerprint density at radius 1 is 1.08 bits per heavy atom. The van der Waals surface area contributed by atoms with Crippen LogP contribution in [0.5, 0.6) is 11.5 Å². The number of rotatable bonds is 9. The highest BCUT2D eigenvalue weighted by Gasteiger charge is 2.72. The van der Waals surface area contributed by atoms with Crippen molar-refractivity contribution in [2.45, 2.75) is 128 Å². The topological polar surface area (TPSA) is 65.1 Å². The number of nitrogens with zero attached hydrogens (tertiary/aromatic N) is 1. The molecule has 2 fully saturated rings. The molecule has 1 aromatic rings. The zero-order valence-electron chi connectivity index (χ0n) is 24.3. The second-order valence-corrected chi connectivity index (χ2v) is 11.2. The number of likely N-dealkylation sites (tertiary alicyclic amines) is 1. The lowest BCUT2D eigenvalue weighted by atomic mass is 9.52. The quantitative estimate of drug-likeness (QED) is 0.275. The van der Waals surface area contributed by atoms with Crippen molar-refractivity contribution in [1.82, 2.24) is 4.90 Å².